The fourth-order valence-electron chi connectivity index (χ4n) is 5.08. The zero-order valence-electron chi connectivity index (χ0n) is 29.6. The lowest BCUT2D eigenvalue weighted by atomic mass is 10.1. The minimum atomic E-state index is -3.69. The molecule has 4 heterocycles. The monoisotopic (exact) mass is 784 g/mol. The van der Waals surface area contributed by atoms with E-state index < -0.39 is 95.7 Å². The molecular formula is C30H44F5N5O6PSSi2+. The van der Waals surface area contributed by atoms with Crippen LogP contribution in [0.3, 0.4) is 0 Å². The Morgan fingerprint density at radius 1 is 0.880 bits per heavy atom. The molecule has 3 aromatic rings. The molecule has 0 saturated carbocycles. The zero-order chi connectivity index (χ0) is 37.4. The van der Waals surface area contributed by atoms with Crippen molar-refractivity contribution >= 4 is 53.0 Å². The van der Waals surface area contributed by atoms with Crippen LogP contribution in [0.5, 0.6) is 0 Å². The SMILES string of the molecule is CC(C)(C)[Si](C)(C)O[C@@H]1[C@H](O[Si](C)(C)C(C)(C)C)[C@@H](CO[P+]2(S)OCC(c3c(F)c(F)c(F)c(F)c3F)O2)O[C@H]1n1cnc2c(N)ncnc21. The molecule has 20 heteroatoms. The van der Waals surface area contributed by atoms with Crippen LogP contribution in [0, 0.1) is 29.1 Å². The number of nitrogen functional groups attached to an aromatic ring is 1. The van der Waals surface area contributed by atoms with Gasteiger partial charge in [0, 0.05) is 0 Å². The van der Waals surface area contributed by atoms with Gasteiger partial charge in [0.2, 0.25) is 5.82 Å². The summed E-state index contributed by atoms with van der Waals surface area (Å²) in [6.45, 7) is 20.2. The second-order valence-electron chi connectivity index (χ2n) is 15.5. The summed E-state index contributed by atoms with van der Waals surface area (Å²) in [5.41, 5.74) is 5.71. The van der Waals surface area contributed by atoms with Gasteiger partial charge < -0.3 is 19.3 Å². The Kier molecular flexibility index (Phi) is 10.7. The van der Waals surface area contributed by atoms with Gasteiger partial charge in [-0.05, 0) is 36.3 Å². The van der Waals surface area contributed by atoms with E-state index in [0.717, 1.165) is 0 Å². The van der Waals surface area contributed by atoms with Gasteiger partial charge >= 0.3 is 7.15 Å². The van der Waals surface area contributed by atoms with E-state index in [0.29, 0.717) is 11.2 Å². The van der Waals surface area contributed by atoms with Crippen LogP contribution in [0.1, 0.15) is 59.4 Å². The molecule has 1 aromatic carbocycles. The predicted octanol–water partition coefficient (Wildman–Crippen LogP) is 8.19. The van der Waals surface area contributed by atoms with Crippen LogP contribution < -0.4 is 5.73 Å². The van der Waals surface area contributed by atoms with Gasteiger partial charge in [0.15, 0.2) is 63.7 Å². The maximum absolute atomic E-state index is 14.6. The highest BCUT2D eigenvalue weighted by molar-refractivity contribution is 8.47. The van der Waals surface area contributed by atoms with Crippen molar-refractivity contribution in [2.45, 2.75) is 108 Å². The standard InChI is InChI=1S/C30H44F5N5O6PSSi2/c1-29(2,3)49(7,8)45-24-16(12-42-47(48)41-11-15(44-47)17-18(31)20(33)22(35)21(34)19(17)32)43-28(25(24)46-50(9,10)30(4,5)6)40-14-39-23-26(36)37-13-38-27(23)40/h13-16,24-25,28,48H,11-12H2,1-10H3,(H2,36,37,38)/q+1/t15?,16-,24-,25-,28-,47?/m1/s1. The second-order valence-corrected chi connectivity index (χ2v) is 28.1. The maximum Gasteiger partial charge on any atom is 0.478 e. The summed E-state index contributed by atoms with van der Waals surface area (Å²) in [4.78, 5) is 12.9. The van der Waals surface area contributed by atoms with E-state index in [2.05, 4.69) is 94.9 Å². The van der Waals surface area contributed by atoms with E-state index in [1.807, 2.05) is 0 Å². The average molecular weight is 785 g/mol. The number of rotatable bonds is 9. The van der Waals surface area contributed by atoms with Crippen molar-refractivity contribution in [2.75, 3.05) is 18.9 Å². The molecule has 278 valence electrons. The van der Waals surface area contributed by atoms with Gasteiger partial charge in [-0.25, -0.2) is 36.9 Å². The highest BCUT2D eigenvalue weighted by Crippen LogP contribution is 2.73. The highest BCUT2D eigenvalue weighted by Gasteiger charge is 2.58. The Morgan fingerprint density at radius 3 is 1.98 bits per heavy atom. The molecular weight excluding hydrogens is 741 g/mol. The maximum atomic E-state index is 14.6. The first-order valence-electron chi connectivity index (χ1n) is 15.9. The summed E-state index contributed by atoms with van der Waals surface area (Å²) in [5, 5.41) is -0.430. The van der Waals surface area contributed by atoms with Gasteiger partial charge in [-0.2, -0.15) is 13.6 Å². The van der Waals surface area contributed by atoms with Crippen molar-refractivity contribution in [1.82, 2.24) is 19.5 Å². The Labute approximate surface area is 295 Å². The Bertz CT molecular complexity index is 1740. The van der Waals surface area contributed by atoms with E-state index >= 15 is 0 Å². The number of nitrogens with two attached hydrogens (primary N) is 1. The molecule has 50 heavy (non-hydrogen) atoms. The molecule has 2 aromatic heterocycles. The summed E-state index contributed by atoms with van der Waals surface area (Å²) in [6, 6.07) is 0. The number of benzene rings is 1. The first kappa shape index (κ1) is 39.4. The lowest BCUT2D eigenvalue weighted by molar-refractivity contribution is -0.0469. The van der Waals surface area contributed by atoms with Crippen molar-refractivity contribution in [3.05, 3.63) is 47.3 Å². The predicted molar refractivity (Wildman–Crippen MR) is 186 cm³/mol. The second kappa shape index (κ2) is 13.6. The normalized spacial score (nSPS) is 26.8. The molecule has 5 rings (SSSR count). The highest BCUT2D eigenvalue weighted by atomic mass is 32.7. The fraction of sp³-hybridized carbons (Fsp3) is 0.633. The van der Waals surface area contributed by atoms with Gasteiger partial charge in [0.1, 0.15) is 43.4 Å². The number of halogens is 5. The van der Waals surface area contributed by atoms with Crippen LogP contribution in [0.2, 0.25) is 36.3 Å². The van der Waals surface area contributed by atoms with Crippen molar-refractivity contribution in [1.29, 1.82) is 0 Å². The number of anilines is 1. The molecule has 2 aliphatic heterocycles. The van der Waals surface area contributed by atoms with E-state index in [1.165, 1.54) is 6.33 Å². The van der Waals surface area contributed by atoms with E-state index in [9.17, 15) is 22.0 Å². The molecule has 2 unspecified atom stereocenters. The van der Waals surface area contributed by atoms with Gasteiger partial charge in [-0.15, -0.1) is 0 Å². The number of ether oxygens (including phenoxy) is 1. The minimum Gasteiger partial charge on any atom is -0.408 e. The molecule has 0 amide bonds. The van der Waals surface area contributed by atoms with E-state index in [-0.39, 0.29) is 22.5 Å². The fourth-order valence-corrected chi connectivity index (χ4v) is 9.77. The molecule has 0 radical (unpaired) electrons. The lowest BCUT2D eigenvalue weighted by Crippen LogP contribution is -2.54. The number of hydrogen-bond donors (Lipinski definition) is 2. The molecule has 0 spiro atoms. The Hall–Kier alpha value is -1.81. The van der Waals surface area contributed by atoms with Crippen LogP contribution >= 0.6 is 19.4 Å². The quantitative estimate of drug-likeness (QED) is 0.0548. The van der Waals surface area contributed by atoms with Crippen LogP contribution in [-0.4, -0.2) is 67.7 Å². The summed E-state index contributed by atoms with van der Waals surface area (Å²) >= 11 is 4.42. The molecule has 2 fully saturated rings. The first-order valence-corrected chi connectivity index (χ1v) is 24.4. The van der Waals surface area contributed by atoms with Crippen LogP contribution in [0.15, 0.2) is 12.7 Å². The minimum absolute atomic E-state index is 0.184. The van der Waals surface area contributed by atoms with Crippen LogP contribution in [0.4, 0.5) is 27.8 Å². The Morgan fingerprint density at radius 2 is 1.42 bits per heavy atom. The number of fused-ring (bicyclic) bond motifs is 1. The van der Waals surface area contributed by atoms with Crippen molar-refractivity contribution in [3.63, 3.8) is 0 Å². The van der Waals surface area contributed by atoms with Crippen LogP contribution in [0.25, 0.3) is 11.2 Å². The zero-order valence-corrected chi connectivity index (χ0v) is 33.3. The van der Waals surface area contributed by atoms with Crippen LogP contribution in [-0.2, 0) is 27.2 Å². The average Bonchev–Trinajstić information content (AvgIpc) is 3.69. The first-order chi connectivity index (χ1) is 22.9. The number of aromatic nitrogens is 4. The van der Waals surface area contributed by atoms with Gasteiger partial charge in [0.05, 0.1) is 24.1 Å². The van der Waals surface area contributed by atoms with Crippen molar-refractivity contribution in [2.24, 2.45) is 0 Å². The summed E-state index contributed by atoms with van der Waals surface area (Å²) in [5.74, 6) is -10.3. The molecule has 11 nitrogen and oxygen atoms in total. The summed E-state index contributed by atoms with van der Waals surface area (Å²) < 4.78 is 111. The third-order valence-corrected chi connectivity index (χ3v) is 21.4. The molecule has 2 aliphatic rings. The number of hydrogen-bond acceptors (Lipinski definition) is 11. The smallest absolute Gasteiger partial charge is 0.408 e. The third kappa shape index (κ3) is 7.24. The summed E-state index contributed by atoms with van der Waals surface area (Å²) in [6.07, 6.45) is -1.96. The van der Waals surface area contributed by atoms with E-state index in [1.54, 1.807) is 10.9 Å². The Balaban J connectivity index is 1.51. The molecule has 2 N–H and O–H groups in total. The number of nitrogens with zero attached hydrogens (tertiary/aromatic N) is 4. The van der Waals surface area contributed by atoms with Crippen molar-refractivity contribution in [3.8, 4) is 0 Å². The molecule has 0 bridgehead atoms. The van der Waals surface area contributed by atoms with E-state index in [4.69, 9.17) is 32.9 Å². The van der Waals surface area contributed by atoms with Gasteiger partial charge in [0.25, 0.3) is 0 Å². The topological polar surface area (TPSA) is 125 Å². The van der Waals surface area contributed by atoms with Gasteiger partial charge in [-0.1, -0.05) is 41.5 Å². The number of imidazole rings is 1. The largest absolute Gasteiger partial charge is 0.478 e. The molecule has 0 aliphatic carbocycles. The third-order valence-electron chi connectivity index (χ3n) is 10.0. The lowest BCUT2D eigenvalue weighted by Gasteiger charge is -2.44. The number of thiol groups is 1. The molecule has 6 atom stereocenters. The van der Waals surface area contributed by atoms with Crippen molar-refractivity contribution < 1.29 is 49.1 Å². The summed E-state index contributed by atoms with van der Waals surface area (Å²) in [7, 11) is -8.75. The molecule has 2 saturated heterocycles. The van der Waals surface area contributed by atoms with Gasteiger partial charge in [-0.3, -0.25) is 4.57 Å².